The number of rotatable bonds is 6. The number of nitrogens with one attached hydrogen (secondary N) is 1. The van der Waals surface area contributed by atoms with Gasteiger partial charge < -0.3 is 10.2 Å². The van der Waals surface area contributed by atoms with E-state index < -0.39 is 10.2 Å². The fourth-order valence-electron chi connectivity index (χ4n) is 3.49. The molecule has 2 aliphatic rings. The molecule has 1 unspecified atom stereocenters. The maximum Gasteiger partial charge on any atom is 0.281 e. The van der Waals surface area contributed by atoms with Crippen molar-refractivity contribution in [3.8, 4) is 0 Å². The molecule has 7 nitrogen and oxygen atoms in total. The molecule has 0 aliphatic carbocycles. The van der Waals surface area contributed by atoms with Crippen molar-refractivity contribution < 1.29 is 13.2 Å². The Balaban J connectivity index is 1.76. The van der Waals surface area contributed by atoms with Crippen molar-refractivity contribution in [1.29, 1.82) is 0 Å². The molecular formula is C16H32N4O3S. The van der Waals surface area contributed by atoms with Crippen LogP contribution in [0.15, 0.2) is 0 Å². The van der Waals surface area contributed by atoms with E-state index in [1.165, 1.54) is 35.5 Å². The normalized spacial score (nSPS) is 25.1. The Morgan fingerprint density at radius 2 is 1.83 bits per heavy atom. The quantitative estimate of drug-likeness (QED) is 0.742. The first-order valence-corrected chi connectivity index (χ1v) is 10.3. The van der Waals surface area contributed by atoms with Gasteiger partial charge in [-0.15, -0.1) is 0 Å². The molecule has 1 atom stereocenters. The van der Waals surface area contributed by atoms with Crippen molar-refractivity contribution in [3.05, 3.63) is 0 Å². The van der Waals surface area contributed by atoms with Crippen molar-refractivity contribution in [2.75, 3.05) is 53.9 Å². The Kier molecular flexibility index (Phi) is 7.03. The molecule has 0 aromatic carbocycles. The zero-order valence-electron chi connectivity index (χ0n) is 15.2. The van der Waals surface area contributed by atoms with Crippen LogP contribution in [0.2, 0.25) is 0 Å². The predicted octanol–water partition coefficient (Wildman–Crippen LogP) is 0.353. The highest BCUT2D eigenvalue weighted by atomic mass is 32.2. The smallest absolute Gasteiger partial charge is 0.281 e. The first kappa shape index (κ1) is 19.6. The van der Waals surface area contributed by atoms with Crippen molar-refractivity contribution >= 4 is 16.1 Å². The summed E-state index contributed by atoms with van der Waals surface area (Å²) in [5, 5.41) is 3.02. The van der Waals surface area contributed by atoms with Gasteiger partial charge in [-0.25, -0.2) is 0 Å². The summed E-state index contributed by atoms with van der Waals surface area (Å²) in [5.74, 6) is 0.464. The lowest BCUT2D eigenvalue weighted by atomic mass is 9.93. The van der Waals surface area contributed by atoms with E-state index in [2.05, 4.69) is 17.3 Å². The molecule has 0 aromatic rings. The number of carbonyl (C=O) groups excluding carboxylic acids is 1. The lowest BCUT2D eigenvalue weighted by molar-refractivity contribution is -0.126. The van der Waals surface area contributed by atoms with Crippen LogP contribution in [0.3, 0.4) is 0 Å². The standard InChI is InChI=1S/C16H32N4O3S/c1-18(2)24(22,23)20-10-4-5-15(13-20)16(21)17-9-6-14-7-11-19(3)12-8-14/h14-15H,4-13H2,1-3H3,(H,17,21). The van der Waals surface area contributed by atoms with Gasteiger partial charge in [0.25, 0.3) is 10.2 Å². The van der Waals surface area contributed by atoms with Gasteiger partial charge in [-0.1, -0.05) is 0 Å². The maximum atomic E-state index is 12.4. The Hall–Kier alpha value is -0.700. The van der Waals surface area contributed by atoms with Crippen LogP contribution in [0.25, 0.3) is 0 Å². The summed E-state index contributed by atoms with van der Waals surface area (Å²) in [6.45, 7) is 3.77. The van der Waals surface area contributed by atoms with E-state index in [1.54, 1.807) is 0 Å². The van der Waals surface area contributed by atoms with Crippen molar-refractivity contribution in [1.82, 2.24) is 18.8 Å². The van der Waals surface area contributed by atoms with Gasteiger partial charge >= 0.3 is 0 Å². The van der Waals surface area contributed by atoms with Crippen LogP contribution in [-0.4, -0.2) is 81.7 Å². The highest BCUT2D eigenvalue weighted by Gasteiger charge is 2.33. The first-order valence-electron chi connectivity index (χ1n) is 8.94. The summed E-state index contributed by atoms with van der Waals surface area (Å²) in [7, 11) is 1.78. The van der Waals surface area contributed by atoms with Crippen molar-refractivity contribution in [2.24, 2.45) is 11.8 Å². The SMILES string of the molecule is CN1CCC(CCNC(=O)C2CCCN(S(=O)(=O)N(C)C)C2)CC1. The molecular weight excluding hydrogens is 328 g/mol. The average molecular weight is 361 g/mol. The second-order valence-electron chi connectivity index (χ2n) is 7.31. The summed E-state index contributed by atoms with van der Waals surface area (Å²) in [5.41, 5.74) is 0. The average Bonchev–Trinajstić information content (AvgIpc) is 2.56. The number of hydrogen-bond acceptors (Lipinski definition) is 4. The molecule has 140 valence electrons. The van der Waals surface area contributed by atoms with E-state index in [-0.39, 0.29) is 11.8 Å². The Morgan fingerprint density at radius 3 is 2.46 bits per heavy atom. The van der Waals surface area contributed by atoms with Crippen LogP contribution in [0.1, 0.15) is 32.1 Å². The minimum Gasteiger partial charge on any atom is -0.356 e. The molecule has 2 fully saturated rings. The van der Waals surface area contributed by atoms with Crippen molar-refractivity contribution in [2.45, 2.75) is 32.1 Å². The molecule has 24 heavy (non-hydrogen) atoms. The number of carbonyl (C=O) groups is 1. The Bertz CT molecular complexity index is 515. The summed E-state index contributed by atoms with van der Waals surface area (Å²) >= 11 is 0. The monoisotopic (exact) mass is 360 g/mol. The zero-order valence-corrected chi connectivity index (χ0v) is 16.0. The van der Waals surface area contributed by atoms with Gasteiger partial charge in [-0.3, -0.25) is 4.79 Å². The number of piperidine rings is 2. The number of hydrogen-bond donors (Lipinski definition) is 1. The Morgan fingerprint density at radius 1 is 1.17 bits per heavy atom. The van der Waals surface area contributed by atoms with Gasteiger partial charge in [0, 0.05) is 33.7 Å². The van der Waals surface area contributed by atoms with Gasteiger partial charge in [0.2, 0.25) is 5.91 Å². The van der Waals surface area contributed by atoms with Gasteiger partial charge in [0.05, 0.1) is 5.92 Å². The zero-order chi connectivity index (χ0) is 17.7. The molecule has 0 spiro atoms. The third-order valence-electron chi connectivity index (χ3n) is 5.23. The molecule has 2 heterocycles. The largest absolute Gasteiger partial charge is 0.356 e. The molecule has 2 rings (SSSR count). The Labute approximate surface area is 146 Å². The van der Waals surface area contributed by atoms with Crippen LogP contribution in [0.4, 0.5) is 0 Å². The summed E-state index contributed by atoms with van der Waals surface area (Å²) in [6, 6.07) is 0. The molecule has 1 amide bonds. The van der Waals surface area contributed by atoms with Crippen LogP contribution < -0.4 is 5.32 Å². The lowest BCUT2D eigenvalue weighted by Gasteiger charge is -2.33. The summed E-state index contributed by atoms with van der Waals surface area (Å²) in [4.78, 5) is 14.7. The van der Waals surface area contributed by atoms with E-state index in [0.717, 1.165) is 32.4 Å². The first-order chi connectivity index (χ1) is 11.3. The van der Waals surface area contributed by atoms with Gasteiger partial charge in [-0.05, 0) is 58.2 Å². The fourth-order valence-corrected chi connectivity index (χ4v) is 4.68. The lowest BCUT2D eigenvalue weighted by Crippen LogP contribution is -2.49. The second-order valence-corrected chi connectivity index (χ2v) is 9.46. The fraction of sp³-hybridized carbons (Fsp3) is 0.938. The second kappa shape index (κ2) is 8.60. The molecule has 0 saturated carbocycles. The number of nitrogens with zero attached hydrogens (tertiary/aromatic N) is 3. The van der Waals surface area contributed by atoms with Gasteiger partial charge in [0.1, 0.15) is 0 Å². The van der Waals surface area contributed by atoms with Crippen LogP contribution in [0.5, 0.6) is 0 Å². The molecule has 0 aromatic heterocycles. The molecule has 1 N–H and O–H groups in total. The van der Waals surface area contributed by atoms with E-state index in [9.17, 15) is 13.2 Å². The van der Waals surface area contributed by atoms with Crippen LogP contribution in [-0.2, 0) is 15.0 Å². The predicted molar refractivity (Wildman–Crippen MR) is 94.8 cm³/mol. The highest BCUT2D eigenvalue weighted by Crippen LogP contribution is 2.21. The van der Waals surface area contributed by atoms with E-state index >= 15 is 0 Å². The molecule has 2 saturated heterocycles. The molecule has 8 heteroatoms. The van der Waals surface area contributed by atoms with Gasteiger partial charge in [0.15, 0.2) is 0 Å². The van der Waals surface area contributed by atoms with Crippen molar-refractivity contribution in [3.63, 3.8) is 0 Å². The van der Waals surface area contributed by atoms with Crippen LogP contribution in [0, 0.1) is 11.8 Å². The summed E-state index contributed by atoms with van der Waals surface area (Å²) in [6.07, 6.45) is 4.92. The van der Waals surface area contributed by atoms with E-state index in [4.69, 9.17) is 0 Å². The highest BCUT2D eigenvalue weighted by molar-refractivity contribution is 7.86. The summed E-state index contributed by atoms with van der Waals surface area (Å²) < 4.78 is 27.1. The topological polar surface area (TPSA) is 73.0 Å². The maximum absolute atomic E-state index is 12.4. The number of amides is 1. The molecule has 0 bridgehead atoms. The number of likely N-dealkylation sites (tertiary alicyclic amines) is 1. The van der Waals surface area contributed by atoms with E-state index in [1.807, 2.05) is 0 Å². The minimum atomic E-state index is -3.43. The minimum absolute atomic E-state index is 0.00147. The van der Waals surface area contributed by atoms with Gasteiger partial charge in [-0.2, -0.15) is 17.0 Å². The molecule has 0 radical (unpaired) electrons. The van der Waals surface area contributed by atoms with E-state index in [0.29, 0.717) is 25.6 Å². The molecule has 2 aliphatic heterocycles. The third-order valence-corrected chi connectivity index (χ3v) is 7.14. The van der Waals surface area contributed by atoms with Crippen LogP contribution >= 0.6 is 0 Å². The third kappa shape index (κ3) is 5.15.